The van der Waals surface area contributed by atoms with E-state index in [1.165, 1.54) is 5.69 Å². The first-order valence-electron chi connectivity index (χ1n) is 9.06. The van der Waals surface area contributed by atoms with Crippen molar-refractivity contribution in [2.75, 3.05) is 31.1 Å². The van der Waals surface area contributed by atoms with E-state index in [0.29, 0.717) is 25.8 Å². The highest BCUT2D eigenvalue weighted by Gasteiger charge is 2.25. The Bertz CT molecular complexity index is 651. The summed E-state index contributed by atoms with van der Waals surface area (Å²) < 4.78 is 31.2. The lowest BCUT2D eigenvalue weighted by atomic mass is 10.0. The van der Waals surface area contributed by atoms with Gasteiger partial charge in [0.25, 0.3) is 6.43 Å². The number of fused-ring (bicyclic) bond motifs is 1. The molecule has 0 aliphatic carbocycles. The predicted octanol–water partition coefficient (Wildman–Crippen LogP) is 3.51. The first kappa shape index (κ1) is 18.2. The van der Waals surface area contributed by atoms with E-state index in [0.717, 1.165) is 30.5 Å². The standard InChI is InChI=1S/C20H26F2N2O/c1-15(2)24-11-12-25-14-18-16(5-3-7-19(18)24)8-9-17-6-4-10-23(17)13-20(21)22/h3,5,7,15,17,20H,4,6,10-14H2,1-2H3. The van der Waals surface area contributed by atoms with Crippen LogP contribution in [-0.4, -0.2) is 49.7 Å². The second-order valence-corrected chi connectivity index (χ2v) is 6.96. The molecule has 0 bridgehead atoms. The maximum Gasteiger partial charge on any atom is 0.251 e. The highest BCUT2D eigenvalue weighted by Crippen LogP contribution is 2.28. The van der Waals surface area contributed by atoms with Crippen molar-refractivity contribution >= 4 is 5.69 Å². The Morgan fingerprint density at radius 2 is 2.12 bits per heavy atom. The summed E-state index contributed by atoms with van der Waals surface area (Å²) in [5.41, 5.74) is 3.24. The van der Waals surface area contributed by atoms with Gasteiger partial charge in [-0.1, -0.05) is 17.9 Å². The van der Waals surface area contributed by atoms with Crippen LogP contribution in [0, 0.1) is 11.8 Å². The third kappa shape index (κ3) is 4.31. The van der Waals surface area contributed by atoms with Crippen LogP contribution in [0.3, 0.4) is 0 Å². The maximum absolute atomic E-state index is 12.7. The van der Waals surface area contributed by atoms with Crippen LogP contribution in [0.15, 0.2) is 18.2 Å². The maximum atomic E-state index is 12.7. The number of nitrogens with zero attached hydrogens (tertiary/aromatic N) is 2. The van der Waals surface area contributed by atoms with Gasteiger partial charge in [-0.2, -0.15) is 0 Å². The minimum atomic E-state index is -2.30. The number of ether oxygens (including phenoxy) is 1. The minimum absolute atomic E-state index is 0.0715. The van der Waals surface area contributed by atoms with Crippen molar-refractivity contribution in [1.82, 2.24) is 4.90 Å². The monoisotopic (exact) mass is 348 g/mol. The molecule has 1 aromatic carbocycles. The molecule has 0 N–H and O–H groups in total. The fourth-order valence-corrected chi connectivity index (χ4v) is 3.65. The number of hydrogen-bond donors (Lipinski definition) is 0. The molecule has 0 aromatic heterocycles. The highest BCUT2D eigenvalue weighted by molar-refractivity contribution is 5.61. The third-order valence-electron chi connectivity index (χ3n) is 4.92. The van der Waals surface area contributed by atoms with Gasteiger partial charge in [0.2, 0.25) is 0 Å². The van der Waals surface area contributed by atoms with Crippen LogP contribution in [-0.2, 0) is 11.3 Å². The van der Waals surface area contributed by atoms with E-state index < -0.39 is 6.43 Å². The predicted molar refractivity (Wildman–Crippen MR) is 96.1 cm³/mol. The molecule has 136 valence electrons. The summed E-state index contributed by atoms with van der Waals surface area (Å²) in [6.07, 6.45) is -0.504. The van der Waals surface area contributed by atoms with Gasteiger partial charge in [-0.3, -0.25) is 4.90 Å². The Kier molecular flexibility index (Phi) is 5.93. The Morgan fingerprint density at radius 1 is 1.28 bits per heavy atom. The summed E-state index contributed by atoms with van der Waals surface area (Å²) in [6.45, 7) is 6.99. The van der Waals surface area contributed by atoms with Crippen molar-refractivity contribution in [2.24, 2.45) is 0 Å². The molecule has 3 rings (SSSR count). The van der Waals surface area contributed by atoms with E-state index >= 15 is 0 Å². The second-order valence-electron chi connectivity index (χ2n) is 6.96. The highest BCUT2D eigenvalue weighted by atomic mass is 19.3. The SMILES string of the molecule is CC(C)N1CCOCc2c(C#CC3CCCN3CC(F)F)cccc21. The van der Waals surface area contributed by atoms with E-state index in [2.05, 4.69) is 36.7 Å². The van der Waals surface area contributed by atoms with Gasteiger partial charge < -0.3 is 9.64 Å². The van der Waals surface area contributed by atoms with E-state index in [4.69, 9.17) is 4.74 Å². The molecule has 0 amide bonds. The van der Waals surface area contributed by atoms with Crippen LogP contribution in [0.5, 0.6) is 0 Å². The lowest BCUT2D eigenvalue weighted by Gasteiger charge is -2.28. The molecule has 1 atom stereocenters. The number of anilines is 1. The van der Waals surface area contributed by atoms with Gasteiger partial charge in [0.05, 0.1) is 25.8 Å². The second kappa shape index (κ2) is 8.16. The quantitative estimate of drug-likeness (QED) is 0.778. The largest absolute Gasteiger partial charge is 0.375 e. The lowest BCUT2D eigenvalue weighted by molar-refractivity contribution is 0.0913. The van der Waals surface area contributed by atoms with Crippen molar-refractivity contribution in [1.29, 1.82) is 0 Å². The summed E-state index contributed by atoms with van der Waals surface area (Å²) in [5.74, 6) is 6.50. The zero-order valence-electron chi connectivity index (χ0n) is 15.0. The molecular weight excluding hydrogens is 322 g/mol. The average Bonchev–Trinajstić information content (AvgIpc) is 2.87. The van der Waals surface area contributed by atoms with Gasteiger partial charge in [0, 0.05) is 29.4 Å². The van der Waals surface area contributed by atoms with E-state index in [9.17, 15) is 8.78 Å². The molecule has 2 heterocycles. The normalized spacial score (nSPS) is 21.2. The van der Waals surface area contributed by atoms with Gasteiger partial charge in [0.15, 0.2) is 0 Å². The first-order chi connectivity index (χ1) is 12.1. The summed E-state index contributed by atoms with van der Waals surface area (Å²) >= 11 is 0. The number of benzene rings is 1. The fourth-order valence-electron chi connectivity index (χ4n) is 3.65. The molecule has 1 fully saturated rings. The fraction of sp³-hybridized carbons (Fsp3) is 0.600. The number of hydrogen-bond acceptors (Lipinski definition) is 3. The topological polar surface area (TPSA) is 15.7 Å². The van der Waals surface area contributed by atoms with E-state index in [1.54, 1.807) is 4.90 Å². The molecule has 0 radical (unpaired) electrons. The Labute approximate surface area is 148 Å². The van der Waals surface area contributed by atoms with Crippen molar-refractivity contribution in [3.8, 4) is 11.8 Å². The molecule has 1 aromatic rings. The molecular formula is C20H26F2N2O. The summed E-state index contributed by atoms with van der Waals surface area (Å²) in [4.78, 5) is 4.14. The van der Waals surface area contributed by atoms with Crippen LogP contribution < -0.4 is 4.90 Å². The first-order valence-corrected chi connectivity index (χ1v) is 9.06. The summed E-state index contributed by atoms with van der Waals surface area (Å²) in [5, 5.41) is 0. The average molecular weight is 348 g/mol. The van der Waals surface area contributed by atoms with Crippen LogP contribution in [0.1, 0.15) is 37.8 Å². The van der Waals surface area contributed by atoms with Crippen molar-refractivity contribution in [3.05, 3.63) is 29.3 Å². The van der Waals surface area contributed by atoms with Crippen LogP contribution in [0.4, 0.5) is 14.5 Å². The molecule has 2 aliphatic heterocycles. The smallest absolute Gasteiger partial charge is 0.251 e. The molecule has 0 spiro atoms. The summed E-state index contributed by atoms with van der Waals surface area (Å²) in [7, 11) is 0. The van der Waals surface area contributed by atoms with Crippen LogP contribution in [0.2, 0.25) is 0 Å². The number of rotatable bonds is 3. The number of halogens is 2. The van der Waals surface area contributed by atoms with Gasteiger partial charge in [0.1, 0.15) is 0 Å². The number of likely N-dealkylation sites (tertiary alicyclic amines) is 1. The van der Waals surface area contributed by atoms with Crippen molar-refractivity contribution < 1.29 is 13.5 Å². The zero-order valence-corrected chi connectivity index (χ0v) is 15.0. The van der Waals surface area contributed by atoms with Gasteiger partial charge in [-0.05, 0) is 45.4 Å². The Morgan fingerprint density at radius 3 is 2.88 bits per heavy atom. The lowest BCUT2D eigenvalue weighted by Crippen LogP contribution is -2.33. The molecule has 2 aliphatic rings. The van der Waals surface area contributed by atoms with Crippen molar-refractivity contribution in [2.45, 2.75) is 51.8 Å². The molecule has 25 heavy (non-hydrogen) atoms. The molecule has 1 unspecified atom stereocenters. The zero-order chi connectivity index (χ0) is 17.8. The molecule has 1 saturated heterocycles. The third-order valence-corrected chi connectivity index (χ3v) is 4.92. The van der Waals surface area contributed by atoms with Gasteiger partial charge >= 0.3 is 0 Å². The van der Waals surface area contributed by atoms with Crippen molar-refractivity contribution in [3.63, 3.8) is 0 Å². The minimum Gasteiger partial charge on any atom is -0.375 e. The summed E-state index contributed by atoms with van der Waals surface area (Å²) in [6, 6.07) is 6.46. The Hall–Kier alpha value is -1.64. The van der Waals surface area contributed by atoms with E-state index in [-0.39, 0.29) is 12.6 Å². The molecule has 3 nitrogen and oxygen atoms in total. The van der Waals surface area contributed by atoms with Crippen LogP contribution in [0.25, 0.3) is 0 Å². The number of alkyl halides is 2. The van der Waals surface area contributed by atoms with Gasteiger partial charge in [-0.25, -0.2) is 8.78 Å². The van der Waals surface area contributed by atoms with Crippen LogP contribution >= 0.6 is 0 Å². The molecule has 5 heteroatoms. The molecule has 0 saturated carbocycles. The van der Waals surface area contributed by atoms with Gasteiger partial charge in [-0.15, -0.1) is 0 Å². The van der Waals surface area contributed by atoms with E-state index in [1.807, 2.05) is 12.1 Å². The Balaban J connectivity index is 1.86.